The van der Waals surface area contributed by atoms with Crippen molar-refractivity contribution >= 4 is 54.2 Å². The summed E-state index contributed by atoms with van der Waals surface area (Å²) in [5, 5.41) is 14.4. The molecule has 0 spiro atoms. The molecule has 0 saturated carbocycles. The summed E-state index contributed by atoms with van der Waals surface area (Å²) >= 11 is 4.36. The highest BCUT2D eigenvalue weighted by atomic mass is 32.1. The summed E-state index contributed by atoms with van der Waals surface area (Å²) in [6, 6.07) is -3.85. The average Bonchev–Trinajstić information content (AvgIpc) is 3.27. The van der Waals surface area contributed by atoms with E-state index in [0.29, 0.717) is 19.3 Å². The molecule has 1 unspecified atom stereocenters. The highest BCUT2D eigenvalue weighted by molar-refractivity contribution is 7.80. The second kappa shape index (κ2) is 42.0. The van der Waals surface area contributed by atoms with E-state index in [-0.39, 0.29) is 44.0 Å². The third kappa shape index (κ3) is 34.6. The van der Waals surface area contributed by atoms with E-state index in [2.05, 4.69) is 44.0 Å². The minimum atomic E-state index is -1.35. The number of carbonyl (C=O) groups is 7. The van der Waals surface area contributed by atoms with Gasteiger partial charge in [-0.1, -0.05) is 175 Å². The maximum Gasteiger partial charge on any atom is 0.306 e. The Morgan fingerprint density at radius 2 is 0.985 bits per heavy atom. The zero-order valence-electron chi connectivity index (χ0n) is 41.2. The fourth-order valence-electron chi connectivity index (χ4n) is 7.68. The highest BCUT2D eigenvalue weighted by Gasteiger charge is 2.36. The molecule has 0 aromatic heterocycles. The first kappa shape index (κ1) is 61.6. The molecule has 65 heavy (non-hydrogen) atoms. The number of carboxylic acid groups (broad SMARTS) is 1. The molecule has 0 aliphatic rings. The Morgan fingerprint density at radius 1 is 0.569 bits per heavy atom. The van der Waals surface area contributed by atoms with Crippen molar-refractivity contribution in [3.63, 3.8) is 0 Å². The van der Waals surface area contributed by atoms with Crippen LogP contribution >= 0.6 is 12.6 Å². The van der Waals surface area contributed by atoms with Gasteiger partial charge in [-0.05, 0) is 32.6 Å². The highest BCUT2D eigenvalue weighted by Crippen LogP contribution is 2.16. The molecule has 0 fully saturated rings. The number of esters is 2. The molecular formula is C50H92N4O10S. The van der Waals surface area contributed by atoms with Gasteiger partial charge in [0, 0.05) is 31.4 Å². The fourth-order valence-corrected chi connectivity index (χ4v) is 7.93. The van der Waals surface area contributed by atoms with Crippen molar-refractivity contribution in [3.8, 4) is 0 Å². The molecule has 0 aliphatic carbocycles. The van der Waals surface area contributed by atoms with Crippen LogP contribution in [0.15, 0.2) is 0 Å². The van der Waals surface area contributed by atoms with Gasteiger partial charge in [-0.3, -0.25) is 33.6 Å². The number of thiol groups is 1. The van der Waals surface area contributed by atoms with Gasteiger partial charge in [0.05, 0.1) is 6.54 Å². The number of nitrogens with two attached hydrogens (primary N) is 1. The molecule has 378 valence electrons. The predicted molar refractivity (Wildman–Crippen MR) is 261 cm³/mol. The van der Waals surface area contributed by atoms with Crippen LogP contribution < -0.4 is 16.4 Å². The lowest BCUT2D eigenvalue weighted by Gasteiger charge is -2.34. The Balaban J connectivity index is 6.01. The van der Waals surface area contributed by atoms with Crippen molar-refractivity contribution in [2.75, 3.05) is 18.9 Å². The van der Waals surface area contributed by atoms with E-state index >= 15 is 0 Å². The smallest absolute Gasteiger partial charge is 0.306 e. The number of carbonyl (C=O) groups excluding carboxylic acids is 6. The lowest BCUT2D eigenvalue weighted by Crippen LogP contribution is -2.59. The van der Waals surface area contributed by atoms with Gasteiger partial charge >= 0.3 is 17.9 Å². The van der Waals surface area contributed by atoms with Crippen molar-refractivity contribution in [1.29, 1.82) is 0 Å². The summed E-state index contributed by atoms with van der Waals surface area (Å²) in [6.07, 6.45) is 27.8. The second-order valence-electron chi connectivity index (χ2n) is 17.9. The van der Waals surface area contributed by atoms with Gasteiger partial charge in [-0.15, -0.1) is 0 Å². The Kier molecular flexibility index (Phi) is 39.9. The Hall–Kier alpha value is -3.36. The Bertz CT molecular complexity index is 1300. The summed E-state index contributed by atoms with van der Waals surface area (Å²) in [5.41, 5.74) is 5.50. The van der Waals surface area contributed by atoms with Gasteiger partial charge < -0.3 is 35.8 Å². The van der Waals surface area contributed by atoms with E-state index in [9.17, 15) is 38.7 Å². The van der Waals surface area contributed by atoms with Crippen LogP contribution in [0.2, 0.25) is 0 Å². The van der Waals surface area contributed by atoms with Crippen LogP contribution in [0.5, 0.6) is 0 Å². The number of hydrogen-bond acceptors (Lipinski definition) is 10. The fraction of sp³-hybridized carbons (Fsp3) is 0.860. The van der Waals surface area contributed by atoms with Gasteiger partial charge in [0.15, 0.2) is 6.10 Å². The van der Waals surface area contributed by atoms with Crippen LogP contribution in [0.4, 0.5) is 0 Å². The number of nitrogens with zero attached hydrogens (tertiary/aromatic N) is 1. The van der Waals surface area contributed by atoms with Crippen molar-refractivity contribution in [1.82, 2.24) is 15.5 Å². The largest absolute Gasteiger partial charge is 0.481 e. The predicted octanol–water partition coefficient (Wildman–Crippen LogP) is 9.67. The van der Waals surface area contributed by atoms with Crippen molar-refractivity contribution in [2.24, 2.45) is 5.73 Å². The molecule has 15 heteroatoms. The van der Waals surface area contributed by atoms with Crippen LogP contribution in [0.3, 0.4) is 0 Å². The monoisotopic (exact) mass is 941 g/mol. The number of hydrogen-bond donors (Lipinski definition) is 5. The number of nitrogens with one attached hydrogen (secondary N) is 2. The molecule has 14 nitrogen and oxygen atoms in total. The lowest BCUT2D eigenvalue weighted by atomic mass is 10.1. The maximum absolute atomic E-state index is 14.3. The lowest BCUT2D eigenvalue weighted by molar-refractivity contribution is -0.163. The molecule has 0 rings (SSSR count). The number of unbranched alkanes of at least 4 members (excludes halogenated alkanes) is 24. The number of rotatable bonds is 45. The molecule has 4 amide bonds. The molecule has 0 bridgehead atoms. The topological polar surface area (TPSA) is 211 Å². The van der Waals surface area contributed by atoms with Gasteiger partial charge in [0.2, 0.25) is 23.6 Å². The minimum absolute atomic E-state index is 0.113. The molecular weight excluding hydrogens is 849 g/mol. The van der Waals surface area contributed by atoms with Crippen LogP contribution in [-0.2, 0) is 43.0 Å². The summed E-state index contributed by atoms with van der Waals surface area (Å²) in [4.78, 5) is 92.0. The maximum atomic E-state index is 14.3. The quantitative estimate of drug-likeness (QED) is 0.0222. The van der Waals surface area contributed by atoms with Crippen LogP contribution in [0.1, 0.15) is 233 Å². The summed E-state index contributed by atoms with van der Waals surface area (Å²) in [7, 11) is 0. The van der Waals surface area contributed by atoms with Crippen molar-refractivity contribution in [3.05, 3.63) is 0 Å². The third-order valence-corrected chi connectivity index (χ3v) is 12.2. The minimum Gasteiger partial charge on any atom is -0.481 e. The Labute approximate surface area is 398 Å². The molecule has 0 aromatic carbocycles. The number of amides is 4. The van der Waals surface area contributed by atoms with Crippen molar-refractivity contribution in [2.45, 2.75) is 257 Å². The SMILES string of the molecule is CCCCCCCCCCCCCC(=O)OC[C@@H](CN(C(=O)C(CS)NC(=O)CCCCCCC)[C@@H](C)C(=O)N[C@H](CCC(=O)O)C(N)=O)OC(=O)CCCCCCCCCCCCC. The van der Waals surface area contributed by atoms with Crippen LogP contribution in [0, 0.1) is 0 Å². The number of carboxylic acids is 1. The van der Waals surface area contributed by atoms with Gasteiger partial charge in [0.25, 0.3) is 0 Å². The van der Waals surface area contributed by atoms with Crippen molar-refractivity contribution < 1.29 is 48.1 Å². The molecule has 0 aromatic rings. The Morgan fingerprint density at radius 3 is 1.40 bits per heavy atom. The standard InChI is InChI=1S/C50H92N4O10S/c1-5-8-11-14-16-18-20-22-24-27-30-33-46(58)63-38-41(64-47(59)34-31-28-25-23-21-19-17-15-12-9-6-2)37-54(40(4)49(61)53-42(48(51)60)35-36-45(56)57)50(62)43(39-65)52-44(55)32-29-26-13-10-7-3/h40-43,65H,5-39H2,1-4H3,(H2,51,60)(H,52,55)(H,53,61)(H,56,57)/t40-,41+,42+,43?/m0/s1. The van der Waals surface area contributed by atoms with Crippen LogP contribution in [0.25, 0.3) is 0 Å². The summed E-state index contributed by atoms with van der Waals surface area (Å²) in [6.45, 7) is 7.15. The van der Waals surface area contributed by atoms with E-state index in [4.69, 9.17) is 15.2 Å². The number of ether oxygens (including phenoxy) is 2. The molecule has 5 N–H and O–H groups in total. The molecule has 0 radical (unpaired) electrons. The molecule has 0 saturated heterocycles. The molecule has 0 heterocycles. The van der Waals surface area contributed by atoms with E-state index in [1.807, 2.05) is 0 Å². The van der Waals surface area contributed by atoms with E-state index in [0.717, 1.165) is 75.5 Å². The van der Waals surface area contributed by atoms with E-state index in [1.165, 1.54) is 90.4 Å². The molecule has 4 atom stereocenters. The van der Waals surface area contributed by atoms with E-state index < -0.39 is 72.8 Å². The third-order valence-electron chi connectivity index (χ3n) is 11.9. The summed E-state index contributed by atoms with van der Waals surface area (Å²) in [5.74, 6) is -5.18. The first-order chi connectivity index (χ1) is 31.3. The van der Waals surface area contributed by atoms with Gasteiger partial charge in [0.1, 0.15) is 24.7 Å². The normalized spacial score (nSPS) is 13.0. The first-order valence-corrected chi connectivity index (χ1v) is 26.3. The second-order valence-corrected chi connectivity index (χ2v) is 18.3. The van der Waals surface area contributed by atoms with E-state index in [1.54, 1.807) is 0 Å². The zero-order valence-corrected chi connectivity index (χ0v) is 42.0. The van der Waals surface area contributed by atoms with Gasteiger partial charge in [-0.2, -0.15) is 12.6 Å². The number of aliphatic carboxylic acids is 1. The average molecular weight is 941 g/mol. The summed E-state index contributed by atoms with van der Waals surface area (Å²) < 4.78 is 11.5. The first-order valence-electron chi connectivity index (χ1n) is 25.7. The molecule has 0 aliphatic heterocycles. The van der Waals surface area contributed by atoms with Crippen LogP contribution in [-0.4, -0.2) is 94.7 Å². The number of primary amides is 1. The van der Waals surface area contributed by atoms with Gasteiger partial charge in [-0.25, -0.2) is 0 Å². The zero-order chi connectivity index (χ0) is 48.5.